The second-order valence-electron chi connectivity index (χ2n) is 4.84. The van der Waals surface area contributed by atoms with Gasteiger partial charge in [0.15, 0.2) is 6.10 Å². The number of methoxy groups -OCH3 is 1. The number of hydrogen-bond donors (Lipinski definition) is 2. The van der Waals surface area contributed by atoms with Gasteiger partial charge in [-0.15, -0.1) is 0 Å². The summed E-state index contributed by atoms with van der Waals surface area (Å²) in [5.41, 5.74) is 7.33. The molecule has 0 spiro atoms. The molecule has 0 saturated heterocycles. The highest BCUT2D eigenvalue weighted by Gasteiger charge is 2.26. The Balaban J connectivity index is 2.08. The molecule has 0 bridgehead atoms. The molecule has 2 aromatic rings. The maximum Gasteiger partial charge on any atom is 0.272 e. The van der Waals surface area contributed by atoms with E-state index >= 15 is 0 Å². The zero-order valence-electron chi connectivity index (χ0n) is 12.6. The van der Waals surface area contributed by atoms with Gasteiger partial charge in [-0.3, -0.25) is 15.2 Å². The number of aromatic nitrogens is 1. The molecule has 0 aliphatic rings. The number of nitrogens with one attached hydrogen (secondary N) is 1. The Morgan fingerprint density at radius 2 is 2.04 bits per heavy atom. The van der Waals surface area contributed by atoms with Crippen LogP contribution in [0.25, 0.3) is 0 Å². The third-order valence-electron chi connectivity index (χ3n) is 3.24. The van der Waals surface area contributed by atoms with Gasteiger partial charge in [-0.1, -0.05) is 30.3 Å². The normalized spacial score (nSPS) is 11.7. The fraction of sp³-hybridized carbons (Fsp3) is 0.188. The molecule has 6 nitrogen and oxygen atoms in total. The zero-order valence-corrected chi connectivity index (χ0v) is 13.3. The number of nitrogens with zero attached hydrogens (tertiary/aromatic N) is 2. The van der Waals surface area contributed by atoms with Gasteiger partial charge in [0.25, 0.3) is 5.91 Å². The number of nitrogen functional groups attached to an aromatic ring is 1. The van der Waals surface area contributed by atoms with Gasteiger partial charge in [0.2, 0.25) is 0 Å². The maximum atomic E-state index is 12.4. The summed E-state index contributed by atoms with van der Waals surface area (Å²) in [6, 6.07) is 12.2. The lowest BCUT2D eigenvalue weighted by atomic mass is 10.1. The number of pyridine rings is 1. The molecule has 120 valence electrons. The van der Waals surface area contributed by atoms with Crippen molar-refractivity contribution < 1.29 is 9.53 Å². The Morgan fingerprint density at radius 3 is 2.57 bits per heavy atom. The average molecular weight is 333 g/mol. The SMILES string of the molecule is COC(C(=O)N(Cl)Cc1ccc(C(=N)N)cc1)c1ccccn1. The van der Waals surface area contributed by atoms with Crippen LogP contribution in [0.5, 0.6) is 0 Å². The molecule has 2 rings (SSSR count). The van der Waals surface area contributed by atoms with E-state index in [1.54, 1.807) is 48.7 Å². The van der Waals surface area contributed by atoms with Gasteiger partial charge in [0.05, 0.1) is 12.2 Å². The molecule has 0 aliphatic heterocycles. The largest absolute Gasteiger partial charge is 0.384 e. The molecule has 1 unspecified atom stereocenters. The number of halogens is 1. The van der Waals surface area contributed by atoms with E-state index in [-0.39, 0.29) is 12.4 Å². The van der Waals surface area contributed by atoms with E-state index in [1.807, 2.05) is 0 Å². The van der Waals surface area contributed by atoms with Gasteiger partial charge in [0.1, 0.15) is 5.84 Å². The highest BCUT2D eigenvalue weighted by molar-refractivity contribution is 6.21. The minimum atomic E-state index is -0.856. The smallest absolute Gasteiger partial charge is 0.272 e. The predicted molar refractivity (Wildman–Crippen MR) is 87.8 cm³/mol. The van der Waals surface area contributed by atoms with Crippen molar-refractivity contribution in [3.8, 4) is 0 Å². The summed E-state index contributed by atoms with van der Waals surface area (Å²) in [4.78, 5) is 16.6. The summed E-state index contributed by atoms with van der Waals surface area (Å²) in [7, 11) is 1.43. The lowest BCUT2D eigenvalue weighted by Gasteiger charge is -2.20. The Kier molecular flexibility index (Phi) is 5.67. The van der Waals surface area contributed by atoms with Crippen LogP contribution in [0.3, 0.4) is 0 Å². The Labute approximate surface area is 139 Å². The highest BCUT2D eigenvalue weighted by Crippen LogP contribution is 2.20. The minimum Gasteiger partial charge on any atom is -0.384 e. The topological polar surface area (TPSA) is 92.3 Å². The molecule has 1 aromatic heterocycles. The fourth-order valence-corrected chi connectivity index (χ4v) is 2.26. The number of amides is 1. The number of carbonyl (C=O) groups excluding carboxylic acids is 1. The van der Waals surface area contributed by atoms with E-state index in [1.165, 1.54) is 7.11 Å². The Bertz CT molecular complexity index is 676. The molecule has 0 radical (unpaired) electrons. The quantitative estimate of drug-likeness (QED) is 0.482. The number of benzene rings is 1. The third-order valence-corrected chi connectivity index (χ3v) is 3.53. The second kappa shape index (κ2) is 7.71. The average Bonchev–Trinajstić information content (AvgIpc) is 2.57. The molecular formula is C16H17ClN4O2. The molecule has 0 saturated carbocycles. The number of carbonyl (C=O) groups is 1. The molecule has 0 fully saturated rings. The number of hydrogen-bond acceptors (Lipinski definition) is 4. The monoisotopic (exact) mass is 332 g/mol. The van der Waals surface area contributed by atoms with E-state index < -0.39 is 12.0 Å². The minimum absolute atomic E-state index is 0.00930. The summed E-state index contributed by atoms with van der Waals surface area (Å²) in [6.45, 7) is 0.200. The van der Waals surface area contributed by atoms with Crippen LogP contribution in [-0.4, -0.2) is 28.3 Å². The maximum absolute atomic E-state index is 12.4. The molecule has 3 N–H and O–H groups in total. The van der Waals surface area contributed by atoms with E-state index in [0.717, 1.165) is 9.98 Å². The first-order valence-corrected chi connectivity index (χ1v) is 7.21. The standard InChI is InChI=1S/C16H17ClN4O2/c1-23-14(13-4-2-3-9-20-13)16(22)21(17)10-11-5-7-12(8-6-11)15(18)19/h2-9,14H,10H2,1H3,(H3,18,19). The van der Waals surface area contributed by atoms with Crippen LogP contribution < -0.4 is 5.73 Å². The molecule has 7 heteroatoms. The van der Waals surface area contributed by atoms with Crippen LogP contribution in [0.15, 0.2) is 48.7 Å². The van der Waals surface area contributed by atoms with Crippen molar-refractivity contribution in [3.63, 3.8) is 0 Å². The lowest BCUT2D eigenvalue weighted by Crippen LogP contribution is -2.29. The fourth-order valence-electron chi connectivity index (χ4n) is 2.03. The van der Waals surface area contributed by atoms with Crippen LogP contribution in [0.1, 0.15) is 22.9 Å². The van der Waals surface area contributed by atoms with E-state index in [4.69, 9.17) is 27.7 Å². The van der Waals surface area contributed by atoms with E-state index in [2.05, 4.69) is 4.98 Å². The Morgan fingerprint density at radius 1 is 1.35 bits per heavy atom. The van der Waals surface area contributed by atoms with E-state index in [9.17, 15) is 4.79 Å². The first-order valence-electron chi connectivity index (χ1n) is 6.87. The molecule has 1 amide bonds. The lowest BCUT2D eigenvalue weighted by molar-refractivity contribution is -0.138. The summed E-state index contributed by atoms with van der Waals surface area (Å²) < 4.78 is 6.29. The number of ether oxygens (including phenoxy) is 1. The molecule has 1 aromatic carbocycles. The van der Waals surface area contributed by atoms with Gasteiger partial charge in [-0.05, 0) is 17.7 Å². The van der Waals surface area contributed by atoms with Crippen molar-refractivity contribution in [2.24, 2.45) is 5.73 Å². The van der Waals surface area contributed by atoms with Crippen LogP contribution in [-0.2, 0) is 16.1 Å². The first kappa shape index (κ1) is 16.9. The summed E-state index contributed by atoms with van der Waals surface area (Å²) in [5, 5.41) is 7.36. The summed E-state index contributed by atoms with van der Waals surface area (Å²) in [5.74, 6) is -0.409. The molecular weight excluding hydrogens is 316 g/mol. The van der Waals surface area contributed by atoms with Crippen molar-refractivity contribution in [1.82, 2.24) is 9.40 Å². The molecule has 1 heterocycles. The van der Waals surface area contributed by atoms with Crippen molar-refractivity contribution in [2.75, 3.05) is 7.11 Å². The van der Waals surface area contributed by atoms with Crippen LogP contribution in [0.4, 0.5) is 0 Å². The van der Waals surface area contributed by atoms with Gasteiger partial charge in [-0.25, -0.2) is 4.42 Å². The zero-order chi connectivity index (χ0) is 16.8. The predicted octanol–water partition coefficient (Wildman–Crippen LogP) is 2.24. The van der Waals surface area contributed by atoms with Crippen molar-refractivity contribution in [3.05, 3.63) is 65.5 Å². The second-order valence-corrected chi connectivity index (χ2v) is 5.25. The number of rotatable bonds is 6. The van der Waals surface area contributed by atoms with Gasteiger partial charge >= 0.3 is 0 Å². The number of nitrogens with two attached hydrogens (primary N) is 1. The van der Waals surface area contributed by atoms with E-state index in [0.29, 0.717) is 11.3 Å². The Hall–Kier alpha value is -2.44. The van der Waals surface area contributed by atoms with Crippen molar-refractivity contribution in [2.45, 2.75) is 12.6 Å². The van der Waals surface area contributed by atoms with Gasteiger partial charge < -0.3 is 10.5 Å². The van der Waals surface area contributed by atoms with Crippen molar-refractivity contribution in [1.29, 1.82) is 5.41 Å². The van der Waals surface area contributed by atoms with Crippen LogP contribution in [0.2, 0.25) is 0 Å². The van der Waals surface area contributed by atoms with Crippen LogP contribution in [0, 0.1) is 5.41 Å². The molecule has 23 heavy (non-hydrogen) atoms. The molecule has 0 aliphatic carbocycles. The summed E-state index contributed by atoms with van der Waals surface area (Å²) >= 11 is 6.10. The van der Waals surface area contributed by atoms with Crippen molar-refractivity contribution >= 4 is 23.5 Å². The van der Waals surface area contributed by atoms with Gasteiger partial charge in [-0.2, -0.15) is 0 Å². The van der Waals surface area contributed by atoms with Crippen LogP contribution >= 0.6 is 11.8 Å². The third kappa shape index (κ3) is 4.28. The first-order chi connectivity index (χ1) is 11.0. The van der Waals surface area contributed by atoms with Gasteiger partial charge in [0, 0.05) is 30.6 Å². The number of amidine groups is 1. The molecule has 1 atom stereocenters. The highest BCUT2D eigenvalue weighted by atomic mass is 35.5. The summed E-state index contributed by atoms with van der Waals surface area (Å²) in [6.07, 6.45) is 0.735.